The number of nitrogens with one attached hydrogen (secondary N) is 2. The maximum atomic E-state index is 11.3. The summed E-state index contributed by atoms with van der Waals surface area (Å²) in [4.78, 5) is 6.79. The molecule has 29 heavy (non-hydrogen) atoms. The molecule has 2 aromatic rings. The smallest absolute Gasteiger partial charge is 0.238 e. The number of halogens is 1. The number of likely N-dealkylation sites (tertiary alicyclic amines) is 1. The zero-order valence-corrected chi connectivity index (χ0v) is 19.5. The number of hydrogen-bond acceptors (Lipinski definition) is 5. The number of primary sulfonamides is 1. The molecular weight excluding hydrogens is 505 g/mol. The van der Waals surface area contributed by atoms with Gasteiger partial charge in [0, 0.05) is 20.1 Å². The van der Waals surface area contributed by atoms with Crippen LogP contribution in [0.15, 0.2) is 57.0 Å². The van der Waals surface area contributed by atoms with Crippen LogP contribution in [-0.2, 0) is 16.6 Å². The first-order chi connectivity index (χ1) is 13.5. The van der Waals surface area contributed by atoms with Crippen LogP contribution in [0.4, 0.5) is 0 Å². The van der Waals surface area contributed by atoms with E-state index in [2.05, 4.69) is 20.5 Å². The minimum absolute atomic E-state index is 0. The molecule has 10 heteroatoms. The molecule has 1 aliphatic heterocycles. The lowest BCUT2D eigenvalue weighted by Crippen LogP contribution is -2.42. The van der Waals surface area contributed by atoms with E-state index in [0.717, 1.165) is 24.4 Å². The topological polar surface area (TPSA) is 113 Å². The average Bonchev–Trinajstić information content (AvgIpc) is 3.38. The Morgan fingerprint density at radius 1 is 1.21 bits per heavy atom. The number of guanidine groups is 1. The highest BCUT2D eigenvalue weighted by atomic mass is 127. The number of sulfonamides is 1. The Hall–Kier alpha value is -1.63. The largest absolute Gasteiger partial charge is 0.468 e. The average molecular weight is 533 g/mol. The molecule has 1 aromatic heterocycles. The number of aliphatic imine (C=N–C) groups is 1. The van der Waals surface area contributed by atoms with Gasteiger partial charge in [-0.05, 0) is 55.8 Å². The molecule has 2 heterocycles. The molecule has 1 aromatic carbocycles. The minimum Gasteiger partial charge on any atom is -0.468 e. The number of hydrogen-bond donors (Lipinski definition) is 3. The summed E-state index contributed by atoms with van der Waals surface area (Å²) in [5.41, 5.74) is 0.928. The van der Waals surface area contributed by atoms with Crippen molar-refractivity contribution >= 4 is 40.0 Å². The van der Waals surface area contributed by atoms with Crippen molar-refractivity contribution in [2.75, 3.05) is 26.7 Å². The van der Waals surface area contributed by atoms with E-state index in [1.807, 2.05) is 12.1 Å². The molecule has 1 unspecified atom stereocenters. The van der Waals surface area contributed by atoms with Gasteiger partial charge >= 0.3 is 0 Å². The van der Waals surface area contributed by atoms with Gasteiger partial charge in [0.2, 0.25) is 10.0 Å². The summed E-state index contributed by atoms with van der Waals surface area (Å²) in [7, 11) is -1.95. The summed E-state index contributed by atoms with van der Waals surface area (Å²) < 4.78 is 28.3. The molecule has 0 aliphatic carbocycles. The summed E-state index contributed by atoms with van der Waals surface area (Å²) in [6.07, 6.45) is 4.12. The van der Waals surface area contributed by atoms with Gasteiger partial charge in [-0.3, -0.25) is 9.89 Å². The first kappa shape index (κ1) is 23.6. The van der Waals surface area contributed by atoms with Crippen LogP contribution >= 0.6 is 24.0 Å². The highest BCUT2D eigenvalue weighted by Crippen LogP contribution is 2.24. The zero-order valence-electron chi connectivity index (χ0n) is 16.4. The van der Waals surface area contributed by atoms with Gasteiger partial charge in [0.05, 0.1) is 17.2 Å². The number of benzene rings is 1. The lowest BCUT2D eigenvalue weighted by Gasteiger charge is -2.26. The van der Waals surface area contributed by atoms with E-state index in [-0.39, 0.29) is 34.9 Å². The Kier molecular flexibility index (Phi) is 8.93. The molecule has 0 bridgehead atoms. The molecule has 0 amide bonds. The second-order valence-electron chi connectivity index (χ2n) is 6.77. The number of furan rings is 1. The third-order valence-corrected chi connectivity index (χ3v) is 5.78. The molecule has 1 saturated heterocycles. The van der Waals surface area contributed by atoms with E-state index < -0.39 is 10.0 Å². The van der Waals surface area contributed by atoms with Crippen LogP contribution in [0.1, 0.15) is 30.2 Å². The molecular formula is C19H28IN5O3S. The van der Waals surface area contributed by atoms with Gasteiger partial charge in [-0.1, -0.05) is 12.1 Å². The predicted octanol–water partition coefficient (Wildman–Crippen LogP) is 2.05. The van der Waals surface area contributed by atoms with Gasteiger partial charge in [0.15, 0.2) is 5.96 Å². The van der Waals surface area contributed by atoms with Crippen molar-refractivity contribution in [2.45, 2.75) is 30.3 Å². The van der Waals surface area contributed by atoms with Crippen LogP contribution < -0.4 is 15.8 Å². The van der Waals surface area contributed by atoms with E-state index in [1.165, 1.54) is 25.0 Å². The van der Waals surface area contributed by atoms with E-state index in [4.69, 9.17) is 9.56 Å². The van der Waals surface area contributed by atoms with Crippen LogP contribution in [0, 0.1) is 0 Å². The van der Waals surface area contributed by atoms with Gasteiger partial charge in [-0.15, -0.1) is 24.0 Å². The van der Waals surface area contributed by atoms with Gasteiger partial charge < -0.3 is 15.1 Å². The second-order valence-corrected chi connectivity index (χ2v) is 8.33. The highest BCUT2D eigenvalue weighted by molar-refractivity contribution is 14.0. The van der Waals surface area contributed by atoms with Gasteiger partial charge in [0.25, 0.3) is 0 Å². The van der Waals surface area contributed by atoms with Crippen molar-refractivity contribution in [3.8, 4) is 0 Å². The maximum absolute atomic E-state index is 11.3. The van der Waals surface area contributed by atoms with E-state index >= 15 is 0 Å². The summed E-state index contributed by atoms with van der Waals surface area (Å²) >= 11 is 0. The third-order valence-electron chi connectivity index (χ3n) is 4.85. The molecule has 1 fully saturated rings. The Morgan fingerprint density at radius 2 is 1.90 bits per heavy atom. The van der Waals surface area contributed by atoms with Crippen molar-refractivity contribution in [2.24, 2.45) is 10.1 Å². The second kappa shape index (κ2) is 11.0. The molecule has 8 nitrogen and oxygen atoms in total. The summed E-state index contributed by atoms with van der Waals surface area (Å²) in [6, 6.07) is 10.5. The lowest BCUT2D eigenvalue weighted by atomic mass is 10.2. The first-order valence-corrected chi connectivity index (χ1v) is 10.9. The van der Waals surface area contributed by atoms with Crippen molar-refractivity contribution in [1.82, 2.24) is 15.5 Å². The van der Waals surface area contributed by atoms with Crippen molar-refractivity contribution < 1.29 is 12.8 Å². The monoisotopic (exact) mass is 533 g/mol. The Morgan fingerprint density at radius 3 is 2.45 bits per heavy atom. The third kappa shape index (κ3) is 6.69. The van der Waals surface area contributed by atoms with Gasteiger partial charge in [-0.2, -0.15) is 0 Å². The fraction of sp³-hybridized carbons (Fsp3) is 0.421. The van der Waals surface area contributed by atoms with E-state index in [1.54, 1.807) is 25.4 Å². The Labute approximate surface area is 189 Å². The Balaban J connectivity index is 0.00000300. The number of nitrogens with zero attached hydrogens (tertiary/aromatic N) is 2. The molecule has 0 saturated carbocycles. The highest BCUT2D eigenvalue weighted by Gasteiger charge is 2.25. The summed E-state index contributed by atoms with van der Waals surface area (Å²) in [5, 5.41) is 11.7. The number of rotatable bonds is 7. The van der Waals surface area contributed by atoms with Crippen LogP contribution in [0.3, 0.4) is 0 Å². The molecule has 1 atom stereocenters. The van der Waals surface area contributed by atoms with Crippen molar-refractivity contribution in [1.29, 1.82) is 0 Å². The fourth-order valence-corrected chi connectivity index (χ4v) is 3.86. The standard InChI is InChI=1S/C19H27N5O3S.HI/c1-21-19(22-13-15-6-8-16(9-7-15)28(20,25)26)23-14-17(18-5-4-12-27-18)24-10-2-3-11-24;/h4-9,12,17H,2-3,10-11,13-14H2,1H3,(H2,20,25,26)(H2,21,22,23);1H. The first-order valence-electron chi connectivity index (χ1n) is 9.31. The zero-order chi connectivity index (χ0) is 20.0. The van der Waals surface area contributed by atoms with Crippen LogP contribution in [-0.4, -0.2) is 46.0 Å². The molecule has 3 rings (SSSR count). The SMILES string of the molecule is CN=C(NCc1ccc(S(N)(=O)=O)cc1)NCC(c1ccco1)N1CCCC1.I. The summed E-state index contributed by atoms with van der Waals surface area (Å²) in [6.45, 7) is 3.32. The van der Waals surface area contributed by atoms with E-state index in [0.29, 0.717) is 19.0 Å². The maximum Gasteiger partial charge on any atom is 0.238 e. The molecule has 4 N–H and O–H groups in total. The molecule has 160 valence electrons. The predicted molar refractivity (Wildman–Crippen MR) is 124 cm³/mol. The normalized spacial score (nSPS) is 16.3. The quantitative estimate of drug-likeness (QED) is 0.285. The minimum atomic E-state index is -3.67. The van der Waals surface area contributed by atoms with Gasteiger partial charge in [-0.25, -0.2) is 13.6 Å². The van der Waals surface area contributed by atoms with Crippen LogP contribution in [0.2, 0.25) is 0 Å². The lowest BCUT2D eigenvalue weighted by molar-refractivity contribution is 0.215. The van der Waals surface area contributed by atoms with Crippen molar-refractivity contribution in [3.05, 3.63) is 54.0 Å². The molecule has 0 radical (unpaired) electrons. The van der Waals surface area contributed by atoms with Crippen LogP contribution in [0.25, 0.3) is 0 Å². The summed E-state index contributed by atoms with van der Waals surface area (Å²) in [5.74, 6) is 1.62. The molecule has 0 spiro atoms. The van der Waals surface area contributed by atoms with Gasteiger partial charge in [0.1, 0.15) is 5.76 Å². The molecule has 1 aliphatic rings. The Bertz CT molecular complexity index is 879. The van der Waals surface area contributed by atoms with Crippen molar-refractivity contribution in [3.63, 3.8) is 0 Å². The van der Waals surface area contributed by atoms with Crippen LogP contribution in [0.5, 0.6) is 0 Å². The fourth-order valence-electron chi connectivity index (χ4n) is 3.34. The van der Waals surface area contributed by atoms with E-state index in [9.17, 15) is 8.42 Å². The number of nitrogens with two attached hydrogens (primary N) is 1.